The van der Waals surface area contributed by atoms with Gasteiger partial charge in [0.1, 0.15) is 5.75 Å². The van der Waals surface area contributed by atoms with Crippen LogP contribution in [0.4, 0.5) is 10.5 Å². The Morgan fingerprint density at radius 3 is 2.48 bits per heavy atom. The molecule has 1 aromatic carbocycles. The number of benzene rings is 1. The van der Waals surface area contributed by atoms with Gasteiger partial charge in [-0.3, -0.25) is 4.79 Å². The highest BCUT2D eigenvalue weighted by Gasteiger charge is 2.07. The number of rotatable bonds is 8. The van der Waals surface area contributed by atoms with Crippen LogP contribution in [0.25, 0.3) is 0 Å². The van der Waals surface area contributed by atoms with E-state index in [-0.39, 0.29) is 18.4 Å². The number of carbonyl (C=O) groups excluding carboxylic acids is 1. The molecular weight excluding hydrogens is 272 g/mol. The maximum Gasteiger partial charge on any atom is 0.319 e. The van der Waals surface area contributed by atoms with E-state index in [0.29, 0.717) is 18.7 Å². The van der Waals surface area contributed by atoms with Gasteiger partial charge in [-0.05, 0) is 43.0 Å². The number of carboxylic acids is 1. The summed E-state index contributed by atoms with van der Waals surface area (Å²) < 4.78 is 5.04. The Morgan fingerprint density at radius 2 is 1.90 bits per heavy atom. The van der Waals surface area contributed by atoms with E-state index >= 15 is 0 Å². The molecule has 1 atom stereocenters. The number of amides is 2. The number of ether oxygens (including phenoxy) is 1. The summed E-state index contributed by atoms with van der Waals surface area (Å²) in [7, 11) is 1.58. The van der Waals surface area contributed by atoms with Crippen LogP contribution >= 0.6 is 0 Å². The van der Waals surface area contributed by atoms with Crippen molar-refractivity contribution in [3.05, 3.63) is 24.3 Å². The Balaban J connectivity index is 2.22. The lowest BCUT2D eigenvalue weighted by Crippen LogP contribution is -2.30. The molecule has 21 heavy (non-hydrogen) atoms. The first kappa shape index (κ1) is 16.8. The van der Waals surface area contributed by atoms with E-state index in [0.717, 1.165) is 12.2 Å². The lowest BCUT2D eigenvalue weighted by molar-refractivity contribution is -0.137. The number of hydrogen-bond acceptors (Lipinski definition) is 3. The largest absolute Gasteiger partial charge is 0.497 e. The van der Waals surface area contributed by atoms with E-state index in [1.54, 1.807) is 31.4 Å². The van der Waals surface area contributed by atoms with Crippen molar-refractivity contribution in [1.29, 1.82) is 0 Å². The van der Waals surface area contributed by atoms with Gasteiger partial charge >= 0.3 is 12.0 Å². The van der Waals surface area contributed by atoms with Gasteiger partial charge in [-0.25, -0.2) is 4.79 Å². The van der Waals surface area contributed by atoms with Crippen LogP contribution in [0.1, 0.15) is 26.2 Å². The molecule has 0 heterocycles. The standard InChI is InChI=1S/C15H22N2O4/c1-11(3-8-14(18)19)9-10-16-15(20)17-12-4-6-13(21-2)7-5-12/h4-7,11H,3,8-10H2,1-2H3,(H,18,19)(H2,16,17,20). The normalized spacial score (nSPS) is 11.5. The summed E-state index contributed by atoms with van der Waals surface area (Å²) >= 11 is 0. The summed E-state index contributed by atoms with van der Waals surface area (Å²) in [5, 5.41) is 14.1. The van der Waals surface area contributed by atoms with Gasteiger partial charge in [-0.2, -0.15) is 0 Å². The number of hydrogen-bond donors (Lipinski definition) is 3. The van der Waals surface area contributed by atoms with Crippen molar-refractivity contribution in [1.82, 2.24) is 5.32 Å². The average molecular weight is 294 g/mol. The van der Waals surface area contributed by atoms with Gasteiger partial charge in [0.15, 0.2) is 0 Å². The highest BCUT2D eigenvalue weighted by atomic mass is 16.5. The van der Waals surface area contributed by atoms with Crippen LogP contribution in [0.5, 0.6) is 5.75 Å². The minimum absolute atomic E-state index is 0.166. The molecule has 0 spiro atoms. The lowest BCUT2D eigenvalue weighted by Gasteiger charge is -2.11. The molecule has 0 aliphatic carbocycles. The van der Waals surface area contributed by atoms with Crippen molar-refractivity contribution in [3.63, 3.8) is 0 Å². The van der Waals surface area contributed by atoms with E-state index in [9.17, 15) is 9.59 Å². The molecule has 0 bridgehead atoms. The fraction of sp³-hybridized carbons (Fsp3) is 0.467. The summed E-state index contributed by atoms with van der Waals surface area (Å²) in [4.78, 5) is 22.1. The van der Waals surface area contributed by atoms with E-state index in [1.807, 2.05) is 6.92 Å². The molecular formula is C15H22N2O4. The molecule has 0 saturated heterocycles. The molecule has 0 aromatic heterocycles. The Morgan fingerprint density at radius 1 is 1.24 bits per heavy atom. The van der Waals surface area contributed by atoms with Crippen LogP contribution < -0.4 is 15.4 Å². The van der Waals surface area contributed by atoms with Crippen LogP contribution in [0.2, 0.25) is 0 Å². The Kier molecular flexibility index (Phi) is 7.08. The fourth-order valence-corrected chi connectivity index (χ4v) is 1.80. The number of nitrogens with one attached hydrogen (secondary N) is 2. The van der Waals surface area contributed by atoms with Crippen molar-refractivity contribution in [2.45, 2.75) is 26.2 Å². The summed E-state index contributed by atoms with van der Waals surface area (Å²) in [5.41, 5.74) is 0.687. The maximum absolute atomic E-state index is 11.7. The molecule has 0 fully saturated rings. The number of aliphatic carboxylic acids is 1. The topological polar surface area (TPSA) is 87.7 Å². The second kappa shape index (κ2) is 8.84. The minimum atomic E-state index is -0.785. The zero-order valence-electron chi connectivity index (χ0n) is 12.4. The van der Waals surface area contributed by atoms with Gasteiger partial charge < -0.3 is 20.5 Å². The third-order valence-electron chi connectivity index (χ3n) is 3.12. The molecule has 1 unspecified atom stereocenters. The van der Waals surface area contributed by atoms with E-state index < -0.39 is 5.97 Å². The molecule has 1 aromatic rings. The molecule has 6 heteroatoms. The zero-order valence-corrected chi connectivity index (χ0v) is 12.4. The molecule has 3 N–H and O–H groups in total. The molecule has 0 saturated carbocycles. The minimum Gasteiger partial charge on any atom is -0.497 e. The summed E-state index contributed by atoms with van der Waals surface area (Å²) in [6.07, 6.45) is 1.54. The quantitative estimate of drug-likeness (QED) is 0.688. The van der Waals surface area contributed by atoms with Crippen molar-refractivity contribution in [3.8, 4) is 5.75 Å². The van der Waals surface area contributed by atoms with Crippen LogP contribution in [0.3, 0.4) is 0 Å². The second-order valence-corrected chi connectivity index (χ2v) is 4.94. The van der Waals surface area contributed by atoms with E-state index in [4.69, 9.17) is 9.84 Å². The molecule has 0 aliphatic rings. The van der Waals surface area contributed by atoms with Gasteiger partial charge in [0.2, 0.25) is 0 Å². The van der Waals surface area contributed by atoms with Crippen LogP contribution in [0, 0.1) is 5.92 Å². The van der Waals surface area contributed by atoms with E-state index in [2.05, 4.69) is 10.6 Å². The van der Waals surface area contributed by atoms with Crippen LogP contribution in [0.15, 0.2) is 24.3 Å². The van der Waals surface area contributed by atoms with Gasteiger partial charge in [0, 0.05) is 18.7 Å². The van der Waals surface area contributed by atoms with E-state index in [1.165, 1.54) is 0 Å². The van der Waals surface area contributed by atoms with Gasteiger partial charge in [-0.15, -0.1) is 0 Å². The predicted octanol–water partition coefficient (Wildman–Crippen LogP) is 2.71. The second-order valence-electron chi connectivity index (χ2n) is 4.94. The predicted molar refractivity (Wildman–Crippen MR) is 80.7 cm³/mol. The smallest absolute Gasteiger partial charge is 0.319 e. The number of carbonyl (C=O) groups is 2. The van der Waals surface area contributed by atoms with Crippen molar-refractivity contribution >= 4 is 17.7 Å². The molecule has 1 rings (SSSR count). The molecule has 0 radical (unpaired) electrons. The number of carboxylic acid groups (broad SMARTS) is 1. The van der Waals surface area contributed by atoms with Gasteiger partial charge in [0.05, 0.1) is 7.11 Å². The number of anilines is 1. The first-order chi connectivity index (χ1) is 10.0. The summed E-state index contributed by atoms with van der Waals surface area (Å²) in [6.45, 7) is 2.49. The Bertz CT molecular complexity index is 459. The lowest BCUT2D eigenvalue weighted by atomic mass is 10.0. The highest BCUT2D eigenvalue weighted by molar-refractivity contribution is 5.89. The number of urea groups is 1. The Labute approximate surface area is 124 Å². The van der Waals surface area contributed by atoms with Crippen molar-refractivity contribution in [2.75, 3.05) is 19.0 Å². The molecule has 116 valence electrons. The summed E-state index contributed by atoms with van der Waals surface area (Å²) in [5.74, 6) is 0.211. The number of methoxy groups -OCH3 is 1. The van der Waals surface area contributed by atoms with Crippen LogP contribution in [-0.2, 0) is 4.79 Å². The maximum atomic E-state index is 11.7. The fourth-order valence-electron chi connectivity index (χ4n) is 1.80. The van der Waals surface area contributed by atoms with Crippen molar-refractivity contribution in [2.24, 2.45) is 5.92 Å². The van der Waals surface area contributed by atoms with Gasteiger partial charge in [-0.1, -0.05) is 6.92 Å². The summed E-state index contributed by atoms with van der Waals surface area (Å²) in [6, 6.07) is 6.78. The first-order valence-electron chi connectivity index (χ1n) is 6.92. The third-order valence-corrected chi connectivity index (χ3v) is 3.12. The first-order valence-corrected chi connectivity index (χ1v) is 6.92. The molecule has 6 nitrogen and oxygen atoms in total. The molecule has 0 aliphatic heterocycles. The van der Waals surface area contributed by atoms with Crippen molar-refractivity contribution < 1.29 is 19.4 Å². The molecule has 2 amide bonds. The van der Waals surface area contributed by atoms with Crippen LogP contribution in [-0.4, -0.2) is 30.8 Å². The van der Waals surface area contributed by atoms with Gasteiger partial charge in [0.25, 0.3) is 0 Å². The third kappa shape index (κ3) is 7.20. The zero-order chi connectivity index (χ0) is 15.7. The SMILES string of the molecule is COc1ccc(NC(=O)NCCC(C)CCC(=O)O)cc1. The monoisotopic (exact) mass is 294 g/mol. The Hall–Kier alpha value is -2.24. The average Bonchev–Trinajstić information content (AvgIpc) is 2.46. The highest BCUT2D eigenvalue weighted by Crippen LogP contribution is 2.14.